The van der Waals surface area contributed by atoms with Gasteiger partial charge in [0.05, 0.1) is 5.52 Å². The van der Waals surface area contributed by atoms with Crippen LogP contribution in [0.15, 0.2) is 85.1 Å². The third kappa shape index (κ3) is 4.38. The number of aryl methyl sites for hydroxylation is 3. The van der Waals surface area contributed by atoms with Gasteiger partial charge < -0.3 is 10.3 Å². The molecule has 0 unspecified atom stereocenters. The lowest BCUT2D eigenvalue weighted by Gasteiger charge is -2.12. The first kappa shape index (κ1) is 20.3. The highest BCUT2D eigenvalue weighted by Crippen LogP contribution is 2.27. The minimum Gasteiger partial charge on any atom is -0.361 e. The summed E-state index contributed by atoms with van der Waals surface area (Å²) in [6.07, 6.45) is 7.56. The number of nitrogens with zero attached hydrogens (tertiary/aromatic N) is 1. The molecule has 0 fully saturated rings. The maximum Gasteiger partial charge on any atom is 0.0726 e. The van der Waals surface area contributed by atoms with Crippen molar-refractivity contribution in [3.8, 4) is 0 Å². The molecule has 3 heteroatoms. The van der Waals surface area contributed by atoms with Gasteiger partial charge in [-0.3, -0.25) is 4.98 Å². The minimum atomic E-state index is 0.995. The molecule has 0 aliphatic heterocycles. The van der Waals surface area contributed by atoms with Gasteiger partial charge in [0.1, 0.15) is 0 Å². The van der Waals surface area contributed by atoms with E-state index >= 15 is 0 Å². The number of aromatic nitrogens is 2. The lowest BCUT2D eigenvalue weighted by molar-refractivity contribution is 0.825. The summed E-state index contributed by atoms with van der Waals surface area (Å²) in [5.41, 5.74) is 8.45. The fourth-order valence-corrected chi connectivity index (χ4v) is 4.45. The second kappa shape index (κ2) is 9.27. The summed E-state index contributed by atoms with van der Waals surface area (Å²) in [5, 5.41) is 6.14. The summed E-state index contributed by atoms with van der Waals surface area (Å²) in [5.74, 6) is 0. The smallest absolute Gasteiger partial charge is 0.0726 e. The summed E-state index contributed by atoms with van der Waals surface area (Å²) >= 11 is 0. The van der Waals surface area contributed by atoms with E-state index in [0.717, 1.165) is 60.1 Å². The molecule has 0 amide bonds. The number of benzene rings is 3. The molecule has 0 aliphatic rings. The molecule has 3 aromatic carbocycles. The quantitative estimate of drug-likeness (QED) is 0.272. The van der Waals surface area contributed by atoms with E-state index in [4.69, 9.17) is 4.98 Å². The van der Waals surface area contributed by atoms with Gasteiger partial charge in [-0.05, 0) is 67.1 Å². The fraction of sp³-hybridized carbons (Fsp3) is 0.207. The Morgan fingerprint density at radius 1 is 0.812 bits per heavy atom. The second-order valence-corrected chi connectivity index (χ2v) is 8.46. The first-order valence-electron chi connectivity index (χ1n) is 11.6. The van der Waals surface area contributed by atoms with Crippen molar-refractivity contribution < 1.29 is 0 Å². The van der Waals surface area contributed by atoms with Crippen LogP contribution in [0.2, 0.25) is 0 Å². The number of fused-ring (bicyclic) bond motifs is 2. The fourth-order valence-electron chi connectivity index (χ4n) is 4.45. The summed E-state index contributed by atoms with van der Waals surface area (Å²) in [6, 6.07) is 28.0. The molecule has 0 radical (unpaired) electrons. The zero-order valence-corrected chi connectivity index (χ0v) is 18.6. The van der Waals surface area contributed by atoms with Crippen molar-refractivity contribution in [2.45, 2.75) is 39.0 Å². The number of hydrogen-bond acceptors (Lipinski definition) is 2. The maximum absolute atomic E-state index is 4.81. The summed E-state index contributed by atoms with van der Waals surface area (Å²) in [7, 11) is 0. The average molecular weight is 420 g/mol. The van der Waals surface area contributed by atoms with Crippen LogP contribution >= 0.6 is 0 Å². The standard InChI is InChI=1S/C29H29N3/c1-2-8-24-19-29(26-12-4-6-14-28(26)32-24)31-23-17-15-21(16-18-23)9-7-10-22-20-30-27-13-5-3-11-25(22)27/h3-6,11-20,30H,2,7-10H2,1H3,(H,31,32). The highest BCUT2D eigenvalue weighted by Gasteiger charge is 2.07. The van der Waals surface area contributed by atoms with Crippen molar-refractivity contribution in [2.24, 2.45) is 0 Å². The number of pyridine rings is 1. The van der Waals surface area contributed by atoms with Crippen LogP contribution in [0.1, 0.15) is 36.6 Å². The molecule has 3 nitrogen and oxygen atoms in total. The molecule has 32 heavy (non-hydrogen) atoms. The van der Waals surface area contributed by atoms with Crippen LogP contribution in [0, 0.1) is 0 Å². The van der Waals surface area contributed by atoms with Crippen LogP contribution in [0.4, 0.5) is 11.4 Å². The van der Waals surface area contributed by atoms with Crippen molar-refractivity contribution in [3.05, 3.63) is 102 Å². The lowest BCUT2D eigenvalue weighted by atomic mass is 10.0. The Labute approximate surface area is 189 Å². The molecule has 0 saturated heterocycles. The summed E-state index contributed by atoms with van der Waals surface area (Å²) in [6.45, 7) is 2.20. The predicted octanol–water partition coefficient (Wildman–Crippen LogP) is 7.59. The molecule has 0 atom stereocenters. The van der Waals surface area contributed by atoms with Crippen LogP contribution in [-0.4, -0.2) is 9.97 Å². The number of H-pyrrole nitrogens is 1. The highest BCUT2D eigenvalue weighted by molar-refractivity contribution is 5.93. The lowest BCUT2D eigenvalue weighted by Crippen LogP contribution is -1.97. The number of aromatic amines is 1. The van der Waals surface area contributed by atoms with Gasteiger partial charge in [0.15, 0.2) is 0 Å². The van der Waals surface area contributed by atoms with Crippen molar-refractivity contribution in [1.82, 2.24) is 9.97 Å². The van der Waals surface area contributed by atoms with E-state index in [1.165, 1.54) is 22.0 Å². The van der Waals surface area contributed by atoms with Crippen LogP contribution in [0.25, 0.3) is 21.8 Å². The van der Waals surface area contributed by atoms with Crippen LogP contribution < -0.4 is 5.32 Å². The maximum atomic E-state index is 4.81. The van der Waals surface area contributed by atoms with Gasteiger partial charge in [-0.2, -0.15) is 0 Å². The Morgan fingerprint density at radius 2 is 1.59 bits per heavy atom. The molecule has 0 spiro atoms. The normalized spacial score (nSPS) is 11.3. The molecule has 0 aliphatic carbocycles. The topological polar surface area (TPSA) is 40.7 Å². The summed E-state index contributed by atoms with van der Waals surface area (Å²) in [4.78, 5) is 8.19. The zero-order valence-electron chi connectivity index (χ0n) is 18.6. The van der Waals surface area contributed by atoms with E-state index < -0.39 is 0 Å². The van der Waals surface area contributed by atoms with Gasteiger partial charge in [-0.15, -0.1) is 0 Å². The van der Waals surface area contributed by atoms with Gasteiger partial charge in [0, 0.05) is 39.6 Å². The van der Waals surface area contributed by atoms with E-state index in [2.05, 4.69) is 102 Å². The molecule has 160 valence electrons. The Kier molecular flexibility index (Phi) is 5.89. The monoisotopic (exact) mass is 419 g/mol. The number of para-hydroxylation sites is 2. The second-order valence-electron chi connectivity index (χ2n) is 8.46. The van der Waals surface area contributed by atoms with Crippen LogP contribution in [0.5, 0.6) is 0 Å². The number of nitrogens with one attached hydrogen (secondary N) is 2. The van der Waals surface area contributed by atoms with Crippen molar-refractivity contribution >= 4 is 33.2 Å². The molecular formula is C29H29N3. The van der Waals surface area contributed by atoms with Crippen LogP contribution in [-0.2, 0) is 19.3 Å². The number of hydrogen-bond donors (Lipinski definition) is 2. The molecule has 5 aromatic rings. The Morgan fingerprint density at radius 3 is 2.44 bits per heavy atom. The number of rotatable bonds is 8. The van der Waals surface area contributed by atoms with E-state index in [-0.39, 0.29) is 0 Å². The molecule has 2 aromatic heterocycles. The van der Waals surface area contributed by atoms with Crippen LogP contribution in [0.3, 0.4) is 0 Å². The predicted molar refractivity (Wildman–Crippen MR) is 136 cm³/mol. The SMILES string of the molecule is CCCc1cc(Nc2ccc(CCCc3c[nH]c4ccccc34)cc2)c2ccccc2n1. The number of anilines is 2. The molecule has 2 heterocycles. The Hall–Kier alpha value is -3.59. The van der Waals surface area contributed by atoms with Crippen molar-refractivity contribution in [1.29, 1.82) is 0 Å². The van der Waals surface area contributed by atoms with Crippen molar-refractivity contribution in [2.75, 3.05) is 5.32 Å². The van der Waals surface area contributed by atoms with Crippen molar-refractivity contribution in [3.63, 3.8) is 0 Å². The van der Waals surface area contributed by atoms with Gasteiger partial charge in [0.25, 0.3) is 0 Å². The third-order valence-electron chi connectivity index (χ3n) is 6.09. The Balaban J connectivity index is 1.26. The Bertz CT molecular complexity index is 1330. The largest absolute Gasteiger partial charge is 0.361 e. The van der Waals surface area contributed by atoms with Gasteiger partial charge in [-0.25, -0.2) is 0 Å². The van der Waals surface area contributed by atoms with Gasteiger partial charge in [-0.1, -0.05) is 61.9 Å². The highest BCUT2D eigenvalue weighted by atomic mass is 14.9. The molecular weight excluding hydrogens is 390 g/mol. The molecule has 2 N–H and O–H groups in total. The van der Waals surface area contributed by atoms with E-state index in [1.54, 1.807) is 0 Å². The van der Waals surface area contributed by atoms with E-state index in [9.17, 15) is 0 Å². The molecule has 0 bridgehead atoms. The first-order chi connectivity index (χ1) is 15.8. The molecule has 5 rings (SSSR count). The van der Waals surface area contributed by atoms with Gasteiger partial charge >= 0.3 is 0 Å². The molecule has 0 saturated carbocycles. The minimum absolute atomic E-state index is 0.995. The van der Waals surface area contributed by atoms with E-state index in [1.807, 2.05) is 0 Å². The zero-order chi connectivity index (χ0) is 21.8. The first-order valence-corrected chi connectivity index (χ1v) is 11.6. The summed E-state index contributed by atoms with van der Waals surface area (Å²) < 4.78 is 0. The van der Waals surface area contributed by atoms with Gasteiger partial charge in [0.2, 0.25) is 0 Å². The third-order valence-corrected chi connectivity index (χ3v) is 6.09. The average Bonchev–Trinajstić information content (AvgIpc) is 3.24. The van der Waals surface area contributed by atoms with E-state index in [0.29, 0.717) is 0 Å².